The van der Waals surface area contributed by atoms with Gasteiger partial charge in [-0.15, -0.1) is 0 Å². The molecule has 0 saturated carbocycles. The Bertz CT molecular complexity index is 664. The molecule has 2 aromatic rings. The number of carbonyl (C=O) groups excluding carboxylic acids is 2. The van der Waals surface area contributed by atoms with Crippen LogP contribution in [-0.2, 0) is 0 Å². The van der Waals surface area contributed by atoms with Crippen molar-refractivity contribution in [2.24, 2.45) is 0 Å². The number of aryl methyl sites for hydroxylation is 1. The summed E-state index contributed by atoms with van der Waals surface area (Å²) < 4.78 is 5.44. The van der Waals surface area contributed by atoms with Crippen LogP contribution in [0.2, 0.25) is 0 Å². The molecule has 17 heavy (non-hydrogen) atoms. The summed E-state index contributed by atoms with van der Waals surface area (Å²) in [6.07, 6.45) is 0. The Balaban J connectivity index is 2.39. The molecule has 0 unspecified atom stereocenters. The fraction of sp³-hybridized carbons (Fsp3) is 0.0769. The molecule has 1 heterocycles. The largest absolute Gasteiger partial charge is 0.508 e. The van der Waals surface area contributed by atoms with E-state index in [-0.39, 0.29) is 11.3 Å². The number of carbonyl (C=O) groups is 2. The number of hydrogen-bond donors (Lipinski definition) is 1. The zero-order valence-electron chi connectivity index (χ0n) is 8.98. The van der Waals surface area contributed by atoms with E-state index in [1.54, 1.807) is 19.1 Å². The highest BCUT2D eigenvalue weighted by Gasteiger charge is 2.33. The first-order chi connectivity index (χ1) is 8.08. The summed E-state index contributed by atoms with van der Waals surface area (Å²) >= 11 is 0. The number of furan rings is 1. The average Bonchev–Trinajstić information content (AvgIpc) is 2.68. The van der Waals surface area contributed by atoms with Gasteiger partial charge < -0.3 is 9.52 Å². The molecule has 0 bridgehead atoms. The normalized spacial score (nSPS) is 13.5. The molecule has 4 heteroatoms. The minimum absolute atomic E-state index is 0.0448. The summed E-state index contributed by atoms with van der Waals surface area (Å²) in [5.74, 6) is -0.255. The third kappa shape index (κ3) is 1.24. The van der Waals surface area contributed by atoms with Crippen LogP contribution in [0, 0.1) is 6.92 Å². The van der Waals surface area contributed by atoms with Crippen molar-refractivity contribution in [1.29, 1.82) is 0 Å². The number of benzene rings is 1. The molecule has 84 valence electrons. The van der Waals surface area contributed by atoms with Crippen LogP contribution in [0.4, 0.5) is 0 Å². The fourth-order valence-electron chi connectivity index (χ4n) is 2.05. The monoisotopic (exact) mass is 228 g/mol. The first-order valence-corrected chi connectivity index (χ1v) is 5.11. The van der Waals surface area contributed by atoms with E-state index in [2.05, 4.69) is 0 Å². The molecule has 1 N–H and O–H groups in total. The standard InChI is InChI=1S/C13H8O4/c1-6-4-10-12(16)11(15)9-5-7(14)2-3-8(9)13(10)17-6/h2-5,14H,1H3. The number of hydrogen-bond acceptors (Lipinski definition) is 4. The van der Waals surface area contributed by atoms with Crippen molar-refractivity contribution in [3.63, 3.8) is 0 Å². The third-order valence-corrected chi connectivity index (χ3v) is 2.80. The summed E-state index contributed by atoms with van der Waals surface area (Å²) in [5, 5.41) is 9.35. The zero-order chi connectivity index (χ0) is 12.2. The second-order valence-corrected chi connectivity index (χ2v) is 3.99. The molecule has 1 aliphatic rings. The average molecular weight is 228 g/mol. The molecule has 0 fully saturated rings. The number of rotatable bonds is 0. The molecule has 0 atom stereocenters. The fourth-order valence-corrected chi connectivity index (χ4v) is 2.05. The molecule has 1 aromatic heterocycles. The molecule has 0 aliphatic heterocycles. The van der Waals surface area contributed by atoms with Crippen LogP contribution in [0.5, 0.6) is 5.75 Å². The van der Waals surface area contributed by atoms with E-state index >= 15 is 0 Å². The summed E-state index contributed by atoms with van der Waals surface area (Å²) in [6.45, 7) is 1.72. The van der Waals surface area contributed by atoms with Crippen molar-refractivity contribution in [2.75, 3.05) is 0 Å². The van der Waals surface area contributed by atoms with Gasteiger partial charge in [0.15, 0.2) is 0 Å². The molecule has 3 rings (SSSR count). The second-order valence-electron chi connectivity index (χ2n) is 3.99. The molecule has 0 radical (unpaired) electrons. The van der Waals surface area contributed by atoms with E-state index in [1.807, 2.05) is 0 Å². The maximum atomic E-state index is 11.8. The van der Waals surface area contributed by atoms with Gasteiger partial charge in [0.05, 0.1) is 5.56 Å². The number of fused-ring (bicyclic) bond motifs is 3. The first kappa shape index (κ1) is 9.84. The SMILES string of the molecule is Cc1cc2c(o1)-c1ccc(O)cc1C(=O)C2=O. The molecular weight excluding hydrogens is 220 g/mol. The van der Waals surface area contributed by atoms with Crippen LogP contribution in [0.15, 0.2) is 28.7 Å². The first-order valence-electron chi connectivity index (χ1n) is 5.11. The molecular formula is C13H8O4. The Hall–Kier alpha value is -2.36. The van der Waals surface area contributed by atoms with Crippen LogP contribution < -0.4 is 0 Å². The van der Waals surface area contributed by atoms with Gasteiger partial charge >= 0.3 is 0 Å². The van der Waals surface area contributed by atoms with Gasteiger partial charge in [-0.2, -0.15) is 0 Å². The van der Waals surface area contributed by atoms with Crippen LogP contribution in [0.3, 0.4) is 0 Å². The lowest BCUT2D eigenvalue weighted by Crippen LogP contribution is -2.19. The molecule has 0 amide bonds. The number of ketones is 2. The van der Waals surface area contributed by atoms with Crippen LogP contribution >= 0.6 is 0 Å². The topological polar surface area (TPSA) is 67.5 Å². The number of phenolic OH excluding ortho intramolecular Hbond substituents is 1. The van der Waals surface area contributed by atoms with Gasteiger partial charge in [-0.25, -0.2) is 0 Å². The van der Waals surface area contributed by atoms with Gasteiger partial charge in [0.2, 0.25) is 11.6 Å². The van der Waals surface area contributed by atoms with Gasteiger partial charge in [-0.1, -0.05) is 0 Å². The summed E-state index contributed by atoms with van der Waals surface area (Å²) in [5.41, 5.74) is 1.04. The highest BCUT2D eigenvalue weighted by atomic mass is 16.3. The van der Waals surface area contributed by atoms with E-state index in [9.17, 15) is 14.7 Å². The van der Waals surface area contributed by atoms with Gasteiger partial charge in [0.1, 0.15) is 17.3 Å². The minimum atomic E-state index is -0.607. The maximum absolute atomic E-state index is 11.8. The Morgan fingerprint density at radius 3 is 2.47 bits per heavy atom. The molecule has 0 spiro atoms. The summed E-state index contributed by atoms with van der Waals surface area (Å²) in [7, 11) is 0. The van der Waals surface area contributed by atoms with Gasteiger partial charge in [0, 0.05) is 11.1 Å². The Labute approximate surface area is 96.5 Å². The quantitative estimate of drug-likeness (QED) is 0.703. The molecule has 1 aliphatic carbocycles. The third-order valence-electron chi connectivity index (χ3n) is 2.80. The number of phenols is 1. The van der Waals surface area contributed by atoms with Gasteiger partial charge in [0.25, 0.3) is 0 Å². The van der Waals surface area contributed by atoms with E-state index in [1.165, 1.54) is 12.1 Å². The van der Waals surface area contributed by atoms with E-state index in [0.29, 0.717) is 22.6 Å². The van der Waals surface area contributed by atoms with Crippen molar-refractivity contribution < 1.29 is 19.1 Å². The van der Waals surface area contributed by atoms with Crippen LogP contribution in [0.25, 0.3) is 11.3 Å². The van der Waals surface area contributed by atoms with Crippen molar-refractivity contribution in [2.45, 2.75) is 6.92 Å². The summed E-state index contributed by atoms with van der Waals surface area (Å²) in [6, 6.07) is 5.89. The lowest BCUT2D eigenvalue weighted by molar-refractivity contribution is 0.0814. The van der Waals surface area contributed by atoms with Crippen LogP contribution in [0.1, 0.15) is 26.5 Å². The van der Waals surface area contributed by atoms with Gasteiger partial charge in [-0.05, 0) is 31.2 Å². The Kier molecular flexibility index (Phi) is 1.78. The number of aromatic hydroxyl groups is 1. The van der Waals surface area contributed by atoms with Gasteiger partial charge in [-0.3, -0.25) is 9.59 Å². The molecule has 1 aromatic carbocycles. The zero-order valence-corrected chi connectivity index (χ0v) is 8.98. The van der Waals surface area contributed by atoms with E-state index in [4.69, 9.17) is 4.42 Å². The minimum Gasteiger partial charge on any atom is -0.508 e. The van der Waals surface area contributed by atoms with Crippen molar-refractivity contribution in [1.82, 2.24) is 0 Å². The van der Waals surface area contributed by atoms with Crippen molar-refractivity contribution >= 4 is 11.6 Å². The van der Waals surface area contributed by atoms with E-state index in [0.717, 1.165) is 0 Å². The lowest BCUT2D eigenvalue weighted by Gasteiger charge is -2.12. The second kappa shape index (κ2) is 3.07. The lowest BCUT2D eigenvalue weighted by atomic mass is 9.88. The number of Topliss-reactive ketones (excluding diaryl/α,β-unsaturated/α-hetero) is 2. The van der Waals surface area contributed by atoms with Crippen LogP contribution in [-0.4, -0.2) is 16.7 Å². The highest BCUT2D eigenvalue weighted by molar-refractivity contribution is 6.52. The molecule has 0 saturated heterocycles. The molecule has 4 nitrogen and oxygen atoms in total. The van der Waals surface area contributed by atoms with Crippen molar-refractivity contribution in [3.05, 3.63) is 41.2 Å². The smallest absolute Gasteiger partial charge is 0.237 e. The summed E-state index contributed by atoms with van der Waals surface area (Å²) in [4.78, 5) is 23.7. The predicted octanol–water partition coefficient (Wildman–Crippen LogP) is 2.34. The van der Waals surface area contributed by atoms with E-state index < -0.39 is 11.6 Å². The van der Waals surface area contributed by atoms with Crippen molar-refractivity contribution in [3.8, 4) is 17.1 Å². The maximum Gasteiger partial charge on any atom is 0.237 e. The Morgan fingerprint density at radius 2 is 1.71 bits per heavy atom. The predicted molar refractivity (Wildman–Crippen MR) is 59.2 cm³/mol. The Morgan fingerprint density at radius 1 is 1.00 bits per heavy atom. The highest BCUT2D eigenvalue weighted by Crippen LogP contribution is 2.36.